The zero-order valence-corrected chi connectivity index (χ0v) is 13.8. The maximum absolute atomic E-state index is 11.9. The number of carbonyl (C=O) groups is 1. The highest BCUT2D eigenvalue weighted by Gasteiger charge is 2.10. The smallest absolute Gasteiger partial charge is 0.249 e. The van der Waals surface area contributed by atoms with Crippen LogP contribution in [0.25, 0.3) is 0 Å². The highest BCUT2D eigenvalue weighted by molar-refractivity contribution is 6.35. The minimum atomic E-state index is -0.121. The second-order valence-electron chi connectivity index (χ2n) is 4.35. The van der Waals surface area contributed by atoms with Gasteiger partial charge in [0.2, 0.25) is 5.91 Å². The first kappa shape index (κ1) is 18.6. The molecule has 0 radical (unpaired) electrons. The number of hydrogen-bond donors (Lipinski definition) is 0. The molecule has 0 spiro atoms. The summed E-state index contributed by atoms with van der Waals surface area (Å²) in [5.74, 6) is 0.408. The molecule has 0 aliphatic rings. The third-order valence-corrected chi connectivity index (χ3v) is 3.19. The minimum absolute atomic E-state index is 0.0145. The monoisotopic (exact) mass is 343 g/mol. The normalized spacial score (nSPS) is 10.1. The first-order valence-electron chi connectivity index (χ1n) is 6.73. The summed E-state index contributed by atoms with van der Waals surface area (Å²) in [6.45, 7) is 8.70. The molecule has 1 amide bonds. The van der Waals surface area contributed by atoms with Crippen LogP contribution in [0.3, 0.4) is 0 Å². The van der Waals surface area contributed by atoms with Crippen molar-refractivity contribution in [3.63, 3.8) is 0 Å². The van der Waals surface area contributed by atoms with Crippen molar-refractivity contribution in [1.82, 2.24) is 4.90 Å². The predicted octanol–water partition coefficient (Wildman–Crippen LogP) is 3.59. The summed E-state index contributed by atoms with van der Waals surface area (Å²) < 4.78 is 10.8. The van der Waals surface area contributed by atoms with Gasteiger partial charge in [-0.2, -0.15) is 0 Å². The van der Waals surface area contributed by atoms with Crippen molar-refractivity contribution in [3.05, 3.63) is 53.6 Å². The van der Waals surface area contributed by atoms with Gasteiger partial charge in [-0.15, -0.1) is 13.2 Å². The van der Waals surface area contributed by atoms with Gasteiger partial charge in [0.25, 0.3) is 0 Å². The third-order valence-electron chi connectivity index (χ3n) is 2.66. The lowest BCUT2D eigenvalue weighted by molar-refractivity contribution is -0.135. The van der Waals surface area contributed by atoms with Crippen LogP contribution in [-0.2, 0) is 9.53 Å². The molecule has 1 aromatic rings. The van der Waals surface area contributed by atoms with Crippen LogP contribution in [0, 0.1) is 0 Å². The SMILES string of the molecule is C=CCN(CC=C)C(=O)COCCOc1ccc(Cl)cc1Cl. The molecule has 0 saturated heterocycles. The Morgan fingerprint density at radius 3 is 2.45 bits per heavy atom. The highest BCUT2D eigenvalue weighted by Crippen LogP contribution is 2.27. The van der Waals surface area contributed by atoms with Gasteiger partial charge in [-0.3, -0.25) is 4.79 Å². The van der Waals surface area contributed by atoms with Gasteiger partial charge in [0.05, 0.1) is 11.6 Å². The molecule has 4 nitrogen and oxygen atoms in total. The Bertz CT molecular complexity index is 510. The van der Waals surface area contributed by atoms with E-state index in [0.29, 0.717) is 28.9 Å². The van der Waals surface area contributed by atoms with Crippen molar-refractivity contribution in [2.45, 2.75) is 0 Å². The van der Waals surface area contributed by atoms with E-state index in [0.717, 1.165) is 0 Å². The number of benzene rings is 1. The highest BCUT2D eigenvalue weighted by atomic mass is 35.5. The van der Waals surface area contributed by atoms with E-state index in [4.69, 9.17) is 32.7 Å². The molecular formula is C16H19Cl2NO3. The summed E-state index contributed by atoms with van der Waals surface area (Å²) >= 11 is 11.8. The molecule has 0 heterocycles. The van der Waals surface area contributed by atoms with E-state index in [1.165, 1.54) is 0 Å². The lowest BCUT2D eigenvalue weighted by atomic mass is 10.3. The lowest BCUT2D eigenvalue weighted by Gasteiger charge is -2.19. The topological polar surface area (TPSA) is 38.8 Å². The van der Waals surface area contributed by atoms with Crippen LogP contribution in [0.4, 0.5) is 0 Å². The molecule has 0 bridgehead atoms. The Kier molecular flexibility index (Phi) is 8.67. The number of nitrogens with zero attached hydrogens (tertiary/aromatic N) is 1. The predicted molar refractivity (Wildman–Crippen MR) is 89.8 cm³/mol. The van der Waals surface area contributed by atoms with Crippen molar-refractivity contribution >= 4 is 29.1 Å². The number of halogens is 2. The van der Waals surface area contributed by atoms with Gasteiger partial charge in [-0.05, 0) is 18.2 Å². The Balaban J connectivity index is 2.28. The van der Waals surface area contributed by atoms with E-state index >= 15 is 0 Å². The average Bonchev–Trinajstić information content (AvgIpc) is 2.48. The number of rotatable bonds is 10. The first-order valence-corrected chi connectivity index (χ1v) is 7.49. The standard InChI is InChI=1S/C16H19Cl2NO3/c1-3-7-19(8-4-2)16(20)12-21-9-10-22-15-6-5-13(17)11-14(15)18/h3-6,11H,1-2,7-10,12H2. The Morgan fingerprint density at radius 1 is 1.18 bits per heavy atom. The van der Waals surface area contributed by atoms with E-state index in [-0.39, 0.29) is 25.7 Å². The van der Waals surface area contributed by atoms with Gasteiger partial charge in [0, 0.05) is 18.1 Å². The quantitative estimate of drug-likeness (QED) is 0.481. The van der Waals surface area contributed by atoms with Crippen LogP contribution in [0.2, 0.25) is 10.0 Å². The van der Waals surface area contributed by atoms with Crippen molar-refractivity contribution in [2.75, 3.05) is 32.9 Å². The van der Waals surface area contributed by atoms with Gasteiger partial charge < -0.3 is 14.4 Å². The fourth-order valence-electron chi connectivity index (χ4n) is 1.64. The summed E-state index contributed by atoms with van der Waals surface area (Å²) in [7, 11) is 0. The van der Waals surface area contributed by atoms with Crippen LogP contribution in [0.1, 0.15) is 0 Å². The number of hydrogen-bond acceptors (Lipinski definition) is 3. The maximum atomic E-state index is 11.9. The zero-order valence-electron chi connectivity index (χ0n) is 12.3. The van der Waals surface area contributed by atoms with Crippen LogP contribution < -0.4 is 4.74 Å². The molecule has 0 unspecified atom stereocenters. The summed E-state index contributed by atoms with van der Waals surface area (Å²) in [5, 5.41) is 0.982. The molecule has 0 aromatic heterocycles. The fourth-order valence-corrected chi connectivity index (χ4v) is 2.11. The molecule has 0 saturated carbocycles. The van der Waals surface area contributed by atoms with Gasteiger partial charge >= 0.3 is 0 Å². The van der Waals surface area contributed by atoms with Crippen LogP contribution in [0.5, 0.6) is 5.75 Å². The molecule has 1 aromatic carbocycles. The summed E-state index contributed by atoms with van der Waals surface area (Å²) in [5.41, 5.74) is 0. The average molecular weight is 344 g/mol. The third kappa shape index (κ3) is 6.52. The molecule has 0 atom stereocenters. The van der Waals surface area contributed by atoms with Gasteiger partial charge in [0.1, 0.15) is 19.0 Å². The van der Waals surface area contributed by atoms with E-state index in [2.05, 4.69) is 13.2 Å². The number of amides is 1. The van der Waals surface area contributed by atoms with Gasteiger partial charge in [-0.25, -0.2) is 0 Å². The lowest BCUT2D eigenvalue weighted by Crippen LogP contribution is -2.34. The summed E-state index contributed by atoms with van der Waals surface area (Å²) in [6, 6.07) is 4.98. The van der Waals surface area contributed by atoms with Crippen LogP contribution in [0.15, 0.2) is 43.5 Å². The van der Waals surface area contributed by atoms with E-state index in [9.17, 15) is 4.79 Å². The van der Waals surface area contributed by atoms with Crippen molar-refractivity contribution in [3.8, 4) is 5.75 Å². The molecule has 120 valence electrons. The van der Waals surface area contributed by atoms with Crippen molar-refractivity contribution in [2.24, 2.45) is 0 Å². The second-order valence-corrected chi connectivity index (χ2v) is 5.20. The van der Waals surface area contributed by atoms with E-state index in [1.54, 1.807) is 35.3 Å². The zero-order chi connectivity index (χ0) is 16.4. The summed E-state index contributed by atoms with van der Waals surface area (Å²) in [4.78, 5) is 13.5. The molecule has 0 fully saturated rings. The molecule has 22 heavy (non-hydrogen) atoms. The molecule has 0 aliphatic heterocycles. The fraction of sp³-hybridized carbons (Fsp3) is 0.312. The maximum Gasteiger partial charge on any atom is 0.249 e. The van der Waals surface area contributed by atoms with E-state index in [1.807, 2.05) is 0 Å². The minimum Gasteiger partial charge on any atom is -0.490 e. The van der Waals surface area contributed by atoms with Crippen molar-refractivity contribution in [1.29, 1.82) is 0 Å². The second kappa shape index (κ2) is 10.3. The molecular weight excluding hydrogens is 325 g/mol. The summed E-state index contributed by atoms with van der Waals surface area (Å²) in [6.07, 6.45) is 3.32. The Hall–Kier alpha value is -1.49. The molecule has 6 heteroatoms. The van der Waals surface area contributed by atoms with Gasteiger partial charge in [-0.1, -0.05) is 35.4 Å². The van der Waals surface area contributed by atoms with E-state index < -0.39 is 0 Å². The Labute approximate surface area is 140 Å². The van der Waals surface area contributed by atoms with Crippen LogP contribution in [-0.4, -0.2) is 43.7 Å². The Morgan fingerprint density at radius 2 is 1.86 bits per heavy atom. The molecule has 0 N–H and O–H groups in total. The van der Waals surface area contributed by atoms with Crippen LogP contribution >= 0.6 is 23.2 Å². The molecule has 0 aliphatic carbocycles. The molecule has 1 rings (SSSR count). The first-order chi connectivity index (χ1) is 10.6. The van der Waals surface area contributed by atoms with Crippen molar-refractivity contribution < 1.29 is 14.3 Å². The van der Waals surface area contributed by atoms with Gasteiger partial charge in [0.15, 0.2) is 0 Å². The largest absolute Gasteiger partial charge is 0.490 e. The number of carbonyl (C=O) groups excluding carboxylic acids is 1. The number of ether oxygens (including phenoxy) is 2.